The van der Waals surface area contributed by atoms with Crippen molar-refractivity contribution in [1.29, 1.82) is 0 Å². The molecular weight excluding hydrogens is 268 g/mol. The van der Waals surface area contributed by atoms with Crippen LogP contribution in [0.3, 0.4) is 0 Å². The Balaban J connectivity index is 0.00000106. The van der Waals surface area contributed by atoms with Gasteiger partial charge in [-0.2, -0.15) is 0 Å². The van der Waals surface area contributed by atoms with Gasteiger partial charge in [-0.05, 0) is 33.0 Å². The molecule has 5 heteroatoms. The molecule has 2 atom stereocenters. The number of Topliss-reactive ketones (excluding diaryl/α,β-unsaturated/α-hetero) is 1. The van der Waals surface area contributed by atoms with Gasteiger partial charge in [-0.1, -0.05) is 26.0 Å². The minimum Gasteiger partial charge on any atom is -0.489 e. The Hall–Kier alpha value is -1.88. The van der Waals surface area contributed by atoms with E-state index in [0.717, 1.165) is 0 Å². The molecule has 1 aromatic carbocycles. The minimum atomic E-state index is -0.508. The van der Waals surface area contributed by atoms with E-state index in [9.17, 15) is 9.59 Å². The summed E-state index contributed by atoms with van der Waals surface area (Å²) in [5, 5.41) is 2.92. The highest BCUT2D eigenvalue weighted by molar-refractivity contribution is 6.04. The minimum absolute atomic E-state index is 0.0556. The molecule has 1 aliphatic heterocycles. The van der Waals surface area contributed by atoms with Gasteiger partial charge in [0.2, 0.25) is 5.91 Å². The molecule has 0 fully saturated rings. The zero-order valence-electron chi connectivity index (χ0n) is 13.3. The van der Waals surface area contributed by atoms with E-state index in [0.29, 0.717) is 11.4 Å². The molecule has 2 unspecified atom stereocenters. The van der Waals surface area contributed by atoms with Crippen molar-refractivity contribution < 1.29 is 14.3 Å². The van der Waals surface area contributed by atoms with E-state index < -0.39 is 12.1 Å². The van der Waals surface area contributed by atoms with E-state index in [1.54, 1.807) is 26.1 Å². The molecule has 0 aromatic heterocycles. The van der Waals surface area contributed by atoms with Crippen LogP contribution in [-0.4, -0.2) is 37.4 Å². The summed E-state index contributed by atoms with van der Waals surface area (Å²) in [5.41, 5.74) is 0.646. The lowest BCUT2D eigenvalue weighted by Crippen LogP contribution is -2.51. The van der Waals surface area contributed by atoms with Crippen molar-refractivity contribution in [1.82, 2.24) is 5.32 Å². The van der Waals surface area contributed by atoms with Crippen molar-refractivity contribution in [2.75, 3.05) is 18.6 Å². The molecule has 1 aliphatic rings. The smallest absolute Gasteiger partial charge is 0.248 e. The Kier molecular flexibility index (Phi) is 6.37. The average molecular weight is 292 g/mol. The number of rotatable bonds is 3. The van der Waals surface area contributed by atoms with E-state index in [4.69, 9.17) is 4.74 Å². The van der Waals surface area contributed by atoms with Gasteiger partial charge in [0.05, 0.1) is 11.7 Å². The van der Waals surface area contributed by atoms with Crippen molar-refractivity contribution in [2.45, 2.75) is 39.8 Å². The normalized spacial score (nSPS) is 18.6. The van der Waals surface area contributed by atoms with Gasteiger partial charge in [0, 0.05) is 0 Å². The number of nitrogens with one attached hydrogen (secondary N) is 1. The summed E-state index contributed by atoms with van der Waals surface area (Å²) in [6, 6.07) is 6.32. The number of ketones is 1. The molecular formula is C16H24N2O3. The summed E-state index contributed by atoms with van der Waals surface area (Å²) >= 11 is 0. The van der Waals surface area contributed by atoms with Gasteiger partial charge in [-0.15, -0.1) is 0 Å². The number of hydrogen-bond acceptors (Lipinski definition) is 4. The number of carbonyl (C=O) groups is 2. The number of anilines is 1. The van der Waals surface area contributed by atoms with Crippen molar-refractivity contribution in [3.8, 4) is 5.75 Å². The maximum absolute atomic E-state index is 12.5. The number of ether oxygens (including phenoxy) is 1. The Morgan fingerprint density at radius 1 is 1.38 bits per heavy atom. The topological polar surface area (TPSA) is 58.6 Å². The van der Waals surface area contributed by atoms with Crippen LogP contribution >= 0.6 is 0 Å². The Morgan fingerprint density at radius 3 is 2.57 bits per heavy atom. The molecule has 2 rings (SSSR count). The van der Waals surface area contributed by atoms with Crippen LogP contribution in [0.25, 0.3) is 0 Å². The number of para-hydroxylation sites is 2. The largest absolute Gasteiger partial charge is 0.489 e. The molecule has 5 nitrogen and oxygen atoms in total. The lowest BCUT2D eigenvalue weighted by Gasteiger charge is -2.28. The molecule has 0 aliphatic carbocycles. The summed E-state index contributed by atoms with van der Waals surface area (Å²) in [4.78, 5) is 25.7. The first kappa shape index (κ1) is 17.2. The summed E-state index contributed by atoms with van der Waals surface area (Å²) in [6.45, 7) is 7.48. The first-order valence-electron chi connectivity index (χ1n) is 7.29. The summed E-state index contributed by atoms with van der Waals surface area (Å²) < 4.78 is 5.65. The van der Waals surface area contributed by atoms with E-state index in [1.165, 1.54) is 11.8 Å². The monoisotopic (exact) mass is 292 g/mol. The fraction of sp³-hybridized carbons (Fsp3) is 0.500. The van der Waals surface area contributed by atoms with Crippen LogP contribution in [0.15, 0.2) is 24.3 Å². The quantitative estimate of drug-likeness (QED) is 0.926. The third kappa shape index (κ3) is 3.61. The molecule has 0 radical (unpaired) electrons. The number of amides is 1. The van der Waals surface area contributed by atoms with Crippen LogP contribution in [0.5, 0.6) is 5.75 Å². The third-order valence-corrected chi connectivity index (χ3v) is 3.39. The fourth-order valence-corrected chi connectivity index (χ4v) is 2.10. The molecule has 0 saturated carbocycles. The van der Waals surface area contributed by atoms with Gasteiger partial charge in [0.25, 0.3) is 0 Å². The summed E-state index contributed by atoms with van der Waals surface area (Å²) in [5.74, 6) is 0.428. The number of fused-ring (bicyclic) bond motifs is 1. The molecule has 21 heavy (non-hydrogen) atoms. The number of carbonyl (C=O) groups excluding carboxylic acids is 2. The van der Waals surface area contributed by atoms with E-state index in [-0.39, 0.29) is 18.3 Å². The van der Waals surface area contributed by atoms with E-state index >= 15 is 0 Å². The van der Waals surface area contributed by atoms with E-state index in [2.05, 4.69) is 5.32 Å². The van der Waals surface area contributed by atoms with Crippen LogP contribution in [0.2, 0.25) is 0 Å². The zero-order valence-corrected chi connectivity index (χ0v) is 13.3. The average Bonchev–Trinajstić information content (AvgIpc) is 2.64. The second-order valence-electron chi connectivity index (χ2n) is 4.61. The molecule has 1 aromatic rings. The standard InChI is InChI=1S/C14H18N2O3.C2H6/c1-9(10(2)17)16-12-6-4-5-7-13(12)19-8-11(15-3)14(16)18;1-2/h4-7,9,11,15H,8H2,1-3H3;1-2H3. The van der Waals surface area contributed by atoms with Crippen molar-refractivity contribution >= 4 is 17.4 Å². The highest BCUT2D eigenvalue weighted by atomic mass is 16.5. The van der Waals surface area contributed by atoms with Gasteiger partial charge >= 0.3 is 0 Å². The van der Waals surface area contributed by atoms with Gasteiger partial charge < -0.3 is 10.1 Å². The van der Waals surface area contributed by atoms with Crippen LogP contribution in [0.4, 0.5) is 5.69 Å². The van der Waals surface area contributed by atoms with Crippen molar-refractivity contribution in [3.63, 3.8) is 0 Å². The number of benzene rings is 1. The predicted octanol–water partition coefficient (Wildman–Crippen LogP) is 2.00. The maximum Gasteiger partial charge on any atom is 0.248 e. The molecule has 1 amide bonds. The van der Waals surface area contributed by atoms with E-state index in [1.807, 2.05) is 26.0 Å². The SMILES string of the molecule is CC.CNC1COc2ccccc2N(C(C)C(C)=O)C1=O. The Labute approximate surface area is 126 Å². The summed E-state index contributed by atoms with van der Waals surface area (Å²) in [7, 11) is 1.71. The molecule has 0 spiro atoms. The van der Waals surface area contributed by atoms with Gasteiger partial charge in [0.15, 0.2) is 5.78 Å². The molecule has 1 heterocycles. The number of nitrogens with zero attached hydrogens (tertiary/aromatic N) is 1. The maximum atomic E-state index is 12.5. The third-order valence-electron chi connectivity index (χ3n) is 3.39. The lowest BCUT2D eigenvalue weighted by molar-refractivity contribution is -0.125. The van der Waals surface area contributed by atoms with Crippen LogP contribution in [-0.2, 0) is 9.59 Å². The lowest BCUT2D eigenvalue weighted by atomic mass is 10.1. The molecule has 0 saturated heterocycles. The molecule has 1 N–H and O–H groups in total. The summed E-state index contributed by atoms with van der Waals surface area (Å²) in [6.07, 6.45) is 0. The first-order valence-corrected chi connectivity index (χ1v) is 7.29. The molecule has 0 bridgehead atoms. The van der Waals surface area contributed by atoms with Gasteiger partial charge in [-0.25, -0.2) is 0 Å². The van der Waals surface area contributed by atoms with Gasteiger partial charge in [0.1, 0.15) is 18.4 Å². The second kappa shape index (κ2) is 7.78. The second-order valence-corrected chi connectivity index (χ2v) is 4.61. The zero-order chi connectivity index (χ0) is 16.0. The number of likely N-dealkylation sites (N-methyl/N-ethyl adjacent to an activating group) is 1. The fourth-order valence-electron chi connectivity index (χ4n) is 2.10. The Bertz CT molecular complexity index is 502. The van der Waals surface area contributed by atoms with Crippen LogP contribution in [0.1, 0.15) is 27.7 Å². The van der Waals surface area contributed by atoms with Crippen LogP contribution in [0, 0.1) is 0 Å². The molecule has 116 valence electrons. The Morgan fingerprint density at radius 2 is 2.00 bits per heavy atom. The first-order chi connectivity index (χ1) is 10.1. The van der Waals surface area contributed by atoms with Crippen molar-refractivity contribution in [2.24, 2.45) is 0 Å². The van der Waals surface area contributed by atoms with Gasteiger partial charge in [-0.3, -0.25) is 14.5 Å². The predicted molar refractivity (Wildman–Crippen MR) is 83.8 cm³/mol. The number of hydrogen-bond donors (Lipinski definition) is 1. The highest BCUT2D eigenvalue weighted by Crippen LogP contribution is 2.32. The van der Waals surface area contributed by atoms with Crippen molar-refractivity contribution in [3.05, 3.63) is 24.3 Å². The highest BCUT2D eigenvalue weighted by Gasteiger charge is 2.34. The van der Waals surface area contributed by atoms with Crippen LogP contribution < -0.4 is 15.0 Å².